The molecule has 34 heavy (non-hydrogen) atoms. The first-order valence-electron chi connectivity index (χ1n) is 12.4. The molecule has 0 nitrogen and oxygen atoms in total. The molecule has 0 saturated heterocycles. The Kier molecular flexibility index (Phi) is 8.31. The first-order chi connectivity index (χ1) is 14.6. The SMILES string of the molecule is CCC1=[C]([Hf]([CH3])([CH3])(=[SiH2])[c]2c(C(C)(C)C)ccc3c2Cc2cc(C(C)(C)C)ccc2-3)CC=C1.Cl.Cl. The Labute approximate surface area is 223 Å². The fraction of sp³-hybridized carbons (Fsp3) is 0.467. The number of allylic oxidation sites excluding steroid dienone is 4. The van der Waals surface area contributed by atoms with Gasteiger partial charge in [-0.05, 0) is 0 Å². The number of fused-ring (bicyclic) bond motifs is 3. The van der Waals surface area contributed by atoms with Crippen LogP contribution in [0, 0.1) is 0 Å². The largest absolute Gasteiger partial charge is 0.147 e. The second kappa shape index (κ2) is 9.47. The monoisotopic (exact) mass is 682 g/mol. The molecule has 2 aliphatic carbocycles. The van der Waals surface area contributed by atoms with Gasteiger partial charge in [0, 0.05) is 0 Å². The summed E-state index contributed by atoms with van der Waals surface area (Å²) < 4.78 is 9.07. The molecule has 4 heteroatoms. The summed E-state index contributed by atoms with van der Waals surface area (Å²) in [6, 6.07) is 12.2. The first kappa shape index (κ1) is 29.8. The number of halogens is 2. The molecule has 0 N–H and O–H groups in total. The average molecular weight is 682 g/mol. The Balaban J connectivity index is 0.00000204. The summed E-state index contributed by atoms with van der Waals surface area (Å²) in [7, 11) is 0. The molecule has 2 aliphatic rings. The van der Waals surface area contributed by atoms with E-state index in [2.05, 4.69) is 107 Å². The van der Waals surface area contributed by atoms with Gasteiger partial charge in [0.1, 0.15) is 0 Å². The maximum Gasteiger partial charge on any atom is -0.147 e. The van der Waals surface area contributed by atoms with Crippen LogP contribution in [0.15, 0.2) is 51.4 Å². The Hall–Kier alpha value is -0.413. The molecule has 2 aromatic carbocycles. The summed E-state index contributed by atoms with van der Waals surface area (Å²) in [4.78, 5) is 0. The minimum atomic E-state index is -3.56. The van der Waals surface area contributed by atoms with Gasteiger partial charge in [0.05, 0.1) is 0 Å². The van der Waals surface area contributed by atoms with Gasteiger partial charge in [0.15, 0.2) is 0 Å². The van der Waals surface area contributed by atoms with Crippen molar-refractivity contribution in [3.05, 3.63) is 73.6 Å². The minimum Gasteiger partial charge on any atom is -0.147 e. The normalized spacial score (nSPS) is 15.6. The molecule has 0 unspecified atom stereocenters. The second-order valence-corrected chi connectivity index (χ2v) is 53.8. The molecule has 0 heterocycles. The van der Waals surface area contributed by atoms with E-state index in [9.17, 15) is 0 Å². The van der Waals surface area contributed by atoms with E-state index in [4.69, 9.17) is 0 Å². The third-order valence-electron chi connectivity index (χ3n) is 7.93. The van der Waals surface area contributed by atoms with Gasteiger partial charge in [-0.3, -0.25) is 0 Å². The molecule has 186 valence electrons. The Morgan fingerprint density at radius 1 is 0.882 bits per heavy atom. The third-order valence-corrected chi connectivity index (χ3v) is 31.0. The summed E-state index contributed by atoms with van der Waals surface area (Å²) >= 11 is -3.56. The zero-order valence-corrected chi connectivity index (χ0v) is 29.3. The maximum atomic E-state index is 2.72. The Morgan fingerprint density at radius 2 is 1.50 bits per heavy atom. The van der Waals surface area contributed by atoms with Crippen LogP contribution in [0.2, 0.25) is 9.36 Å². The van der Waals surface area contributed by atoms with Crippen LogP contribution >= 0.6 is 24.8 Å². The molecule has 2 aromatic rings. The van der Waals surface area contributed by atoms with Crippen molar-refractivity contribution in [2.45, 2.75) is 87.9 Å². The van der Waals surface area contributed by atoms with E-state index in [1.807, 2.05) is 3.33 Å². The van der Waals surface area contributed by atoms with Crippen molar-refractivity contribution >= 4 is 35.1 Å². The van der Waals surface area contributed by atoms with E-state index in [0.29, 0.717) is 0 Å². The van der Waals surface area contributed by atoms with Crippen LogP contribution in [0.25, 0.3) is 11.1 Å². The number of hydrogen-bond acceptors (Lipinski definition) is 0. The van der Waals surface area contributed by atoms with Gasteiger partial charge in [-0.25, -0.2) is 0 Å². The van der Waals surface area contributed by atoms with Crippen LogP contribution in [0.3, 0.4) is 0 Å². The van der Waals surface area contributed by atoms with E-state index in [0.717, 1.165) is 12.8 Å². The molecular formula is C30H44Cl2HfSi. The molecule has 0 amide bonds. The number of rotatable bonds is 3. The molecule has 0 radical (unpaired) electrons. The van der Waals surface area contributed by atoms with Crippen molar-refractivity contribution in [1.82, 2.24) is 0 Å². The quantitative estimate of drug-likeness (QED) is 0.244. The Bertz CT molecular complexity index is 1240. The van der Waals surface area contributed by atoms with Gasteiger partial charge >= 0.3 is 200 Å². The van der Waals surface area contributed by atoms with E-state index in [-0.39, 0.29) is 35.6 Å². The van der Waals surface area contributed by atoms with Gasteiger partial charge in [-0.15, -0.1) is 24.8 Å². The summed E-state index contributed by atoms with van der Waals surface area (Å²) in [6.07, 6.45) is 8.28. The van der Waals surface area contributed by atoms with Gasteiger partial charge < -0.3 is 0 Å². The van der Waals surface area contributed by atoms with E-state index < -0.39 is 17.1 Å². The van der Waals surface area contributed by atoms with Gasteiger partial charge in [0.25, 0.3) is 0 Å². The topological polar surface area (TPSA) is 0 Å². The van der Waals surface area contributed by atoms with Gasteiger partial charge in [-0.2, -0.15) is 0 Å². The summed E-state index contributed by atoms with van der Waals surface area (Å²) in [5.74, 6) is 0. The second-order valence-electron chi connectivity index (χ2n) is 13.2. The standard InChI is InChI=1S/C21H25.C7H9.2CH3.2ClH.Hf.H2Si/c1-20(2,3)16-7-9-18-14(12-16)11-15-13-17(21(4,5)6)8-10-19(15)18;1-2-7-5-3-4-6-7;;;;;;/h7-10,12H,11H2,1-6H3;3,5H,2,4H2,1H3;2*1H3;2*1H;;1H2. The molecule has 0 aliphatic heterocycles. The van der Waals surface area contributed by atoms with Crippen LogP contribution in [-0.4, -0.2) is 6.94 Å². The van der Waals surface area contributed by atoms with E-state index in [1.165, 1.54) is 28.7 Å². The molecule has 0 saturated carbocycles. The van der Waals surface area contributed by atoms with E-state index >= 15 is 0 Å². The number of hydrogen-bond donors (Lipinski definition) is 0. The van der Waals surface area contributed by atoms with E-state index in [1.54, 1.807) is 20.0 Å². The molecular weight excluding hydrogens is 638 g/mol. The third kappa shape index (κ3) is 4.91. The molecule has 0 bridgehead atoms. The zero-order valence-electron chi connectivity index (χ0n) is 22.7. The van der Waals surface area contributed by atoms with Crippen LogP contribution in [0.5, 0.6) is 0 Å². The molecule has 0 atom stereocenters. The summed E-state index contributed by atoms with van der Waals surface area (Å²) in [6.45, 7) is 19.0. The van der Waals surface area contributed by atoms with Crippen molar-refractivity contribution in [1.29, 1.82) is 0 Å². The fourth-order valence-corrected chi connectivity index (χ4v) is 30.0. The van der Waals surface area contributed by atoms with Crippen molar-refractivity contribution in [2.24, 2.45) is 0 Å². The predicted octanol–water partition coefficient (Wildman–Crippen LogP) is 8.28. The smallest absolute Gasteiger partial charge is 0.147 e. The minimum absolute atomic E-state index is 0. The van der Waals surface area contributed by atoms with Crippen molar-refractivity contribution in [2.75, 3.05) is 0 Å². The van der Waals surface area contributed by atoms with Crippen LogP contribution in [0.4, 0.5) is 0 Å². The van der Waals surface area contributed by atoms with Gasteiger partial charge in [-0.1, -0.05) is 0 Å². The number of benzene rings is 2. The van der Waals surface area contributed by atoms with Crippen molar-refractivity contribution in [3.8, 4) is 11.1 Å². The first-order valence-corrected chi connectivity index (χ1v) is 31.5. The zero-order chi connectivity index (χ0) is 23.7. The summed E-state index contributed by atoms with van der Waals surface area (Å²) in [5.41, 5.74) is 11.2. The van der Waals surface area contributed by atoms with Crippen molar-refractivity contribution < 1.29 is 17.1 Å². The van der Waals surface area contributed by atoms with Crippen LogP contribution < -0.4 is 3.32 Å². The summed E-state index contributed by atoms with van der Waals surface area (Å²) in [5, 5.41) is 0. The van der Waals surface area contributed by atoms with Crippen LogP contribution in [0.1, 0.15) is 83.6 Å². The maximum absolute atomic E-state index is 3.56. The molecule has 0 aromatic heterocycles. The van der Waals surface area contributed by atoms with Crippen LogP contribution in [-0.2, 0) is 34.4 Å². The molecule has 0 fully saturated rings. The average Bonchev–Trinajstić information content (AvgIpc) is 3.29. The van der Waals surface area contributed by atoms with Crippen molar-refractivity contribution in [3.63, 3.8) is 0 Å². The predicted molar refractivity (Wildman–Crippen MR) is 158 cm³/mol. The van der Waals surface area contributed by atoms with Gasteiger partial charge in [0.2, 0.25) is 0 Å². The molecule has 4 rings (SSSR count). The molecule has 0 spiro atoms. The Morgan fingerprint density at radius 3 is 2.06 bits per heavy atom. The fourth-order valence-electron chi connectivity index (χ4n) is 6.16.